The zero-order chi connectivity index (χ0) is 19.8. The minimum atomic E-state index is -0.965. The number of carboxylic acids is 2. The van der Waals surface area contributed by atoms with Crippen LogP contribution in [0.1, 0.15) is 36.8 Å². The van der Waals surface area contributed by atoms with E-state index in [1.54, 1.807) is 0 Å². The Morgan fingerprint density at radius 3 is 2.07 bits per heavy atom. The van der Waals surface area contributed by atoms with Gasteiger partial charge in [0, 0.05) is 23.1 Å². The van der Waals surface area contributed by atoms with Crippen LogP contribution < -0.4 is 10.1 Å². The molecule has 28 heavy (non-hydrogen) atoms. The highest BCUT2D eigenvalue weighted by molar-refractivity contribution is 5.77. The third-order valence-electron chi connectivity index (χ3n) is 5.90. The third kappa shape index (κ3) is 3.24. The summed E-state index contributed by atoms with van der Waals surface area (Å²) in [4.78, 5) is 23.4. The average molecular weight is 381 g/mol. The Morgan fingerprint density at radius 2 is 1.61 bits per heavy atom. The zero-order valence-corrected chi connectivity index (χ0v) is 15.5. The molecule has 0 aromatic heterocycles. The first-order valence-corrected chi connectivity index (χ1v) is 9.58. The maximum Gasteiger partial charge on any atom is 0.320 e. The van der Waals surface area contributed by atoms with Gasteiger partial charge in [0.15, 0.2) is 0 Å². The van der Waals surface area contributed by atoms with E-state index in [-0.39, 0.29) is 17.9 Å². The van der Waals surface area contributed by atoms with E-state index < -0.39 is 23.9 Å². The Bertz CT molecular complexity index is 866. The van der Waals surface area contributed by atoms with Gasteiger partial charge in [-0.05, 0) is 24.5 Å². The molecular weight excluding hydrogens is 358 g/mol. The highest BCUT2D eigenvalue weighted by Crippen LogP contribution is 2.47. The van der Waals surface area contributed by atoms with E-state index in [4.69, 9.17) is 4.74 Å². The Balaban J connectivity index is 1.61. The Hall–Kier alpha value is -2.86. The molecule has 1 aliphatic heterocycles. The second kappa shape index (κ2) is 7.28. The second-order valence-corrected chi connectivity index (χ2v) is 7.49. The van der Waals surface area contributed by atoms with E-state index in [0.717, 1.165) is 22.6 Å². The molecule has 1 aliphatic carbocycles. The number of nitrogens with one attached hydrogen (secondary N) is 1. The number of fused-ring (bicyclic) bond motifs is 2. The molecule has 2 aromatic carbocycles. The summed E-state index contributed by atoms with van der Waals surface area (Å²) >= 11 is 0. The summed E-state index contributed by atoms with van der Waals surface area (Å²) in [5.74, 6) is -1.04. The van der Waals surface area contributed by atoms with Crippen LogP contribution in [0.3, 0.4) is 0 Å². The fourth-order valence-electron chi connectivity index (χ4n) is 4.42. The summed E-state index contributed by atoms with van der Waals surface area (Å²) < 4.78 is 5.98. The number of carbonyl (C=O) groups is 2. The maximum absolute atomic E-state index is 12.0. The molecule has 0 spiro atoms. The summed E-state index contributed by atoms with van der Waals surface area (Å²) in [7, 11) is 0. The molecule has 4 unspecified atom stereocenters. The highest BCUT2D eigenvalue weighted by Gasteiger charge is 2.55. The molecule has 2 aliphatic rings. The number of rotatable bonds is 7. The predicted molar refractivity (Wildman–Crippen MR) is 103 cm³/mol. The zero-order valence-electron chi connectivity index (χ0n) is 15.5. The van der Waals surface area contributed by atoms with Gasteiger partial charge in [0.2, 0.25) is 0 Å². The first-order valence-electron chi connectivity index (χ1n) is 9.58. The highest BCUT2D eigenvalue weighted by atomic mass is 16.5. The number of aliphatic carboxylic acids is 2. The molecule has 6 heteroatoms. The number of hydrogen-bond acceptors (Lipinski definition) is 4. The van der Waals surface area contributed by atoms with Crippen LogP contribution in [0, 0.1) is 11.8 Å². The fraction of sp³-hybridized carbons (Fsp3) is 0.364. The van der Waals surface area contributed by atoms with Crippen molar-refractivity contribution in [3.63, 3.8) is 0 Å². The SMILES string of the molecule is CCC1C(NC(CC2c3ccccc3Oc3ccccc32)C(=O)O)C1C(=O)O. The van der Waals surface area contributed by atoms with Gasteiger partial charge < -0.3 is 20.3 Å². The van der Waals surface area contributed by atoms with Gasteiger partial charge in [-0.2, -0.15) is 0 Å². The molecule has 4 atom stereocenters. The molecule has 0 saturated heterocycles. The van der Waals surface area contributed by atoms with Crippen LogP contribution in [0.4, 0.5) is 0 Å². The van der Waals surface area contributed by atoms with Crippen LogP contribution in [0.15, 0.2) is 48.5 Å². The van der Waals surface area contributed by atoms with Crippen molar-refractivity contribution in [2.45, 2.75) is 37.8 Å². The molecule has 0 radical (unpaired) electrons. The molecule has 1 saturated carbocycles. The normalized spacial score (nSPS) is 23.8. The van der Waals surface area contributed by atoms with Crippen molar-refractivity contribution in [3.05, 3.63) is 59.7 Å². The topological polar surface area (TPSA) is 95.9 Å². The van der Waals surface area contributed by atoms with E-state index in [1.807, 2.05) is 55.5 Å². The van der Waals surface area contributed by atoms with Gasteiger partial charge in [0.05, 0.1) is 5.92 Å². The summed E-state index contributed by atoms with van der Waals surface area (Å²) in [6.07, 6.45) is 1.04. The van der Waals surface area contributed by atoms with Gasteiger partial charge in [-0.15, -0.1) is 0 Å². The molecule has 3 N–H and O–H groups in total. The minimum absolute atomic E-state index is 0.0198. The second-order valence-electron chi connectivity index (χ2n) is 7.49. The van der Waals surface area contributed by atoms with Crippen molar-refractivity contribution in [2.75, 3.05) is 0 Å². The Labute approximate surface area is 163 Å². The number of carboxylic acid groups (broad SMARTS) is 2. The third-order valence-corrected chi connectivity index (χ3v) is 5.90. The van der Waals surface area contributed by atoms with Gasteiger partial charge in [-0.3, -0.25) is 9.59 Å². The Morgan fingerprint density at radius 1 is 1.04 bits per heavy atom. The summed E-state index contributed by atoms with van der Waals surface area (Å²) in [6.45, 7) is 1.93. The van der Waals surface area contributed by atoms with Gasteiger partial charge in [-0.1, -0.05) is 49.7 Å². The first kappa shape index (κ1) is 18.5. The lowest BCUT2D eigenvalue weighted by atomic mass is 9.83. The van der Waals surface area contributed by atoms with E-state index in [0.29, 0.717) is 12.8 Å². The van der Waals surface area contributed by atoms with Crippen LogP contribution >= 0.6 is 0 Å². The predicted octanol–water partition coefficient (Wildman–Crippen LogP) is 3.47. The molecule has 6 nitrogen and oxygen atoms in total. The van der Waals surface area contributed by atoms with Gasteiger partial charge >= 0.3 is 11.9 Å². The molecule has 2 aromatic rings. The molecule has 1 heterocycles. The lowest BCUT2D eigenvalue weighted by Crippen LogP contribution is -2.41. The van der Waals surface area contributed by atoms with E-state index in [1.165, 1.54) is 0 Å². The standard InChI is InChI=1S/C22H23NO5/c1-2-12-19(22(26)27)20(12)23-16(21(24)25)11-15-13-7-3-5-9-17(13)28-18-10-6-4-8-14(15)18/h3-10,12,15-16,19-20,23H,2,11H2,1H3,(H,24,25)(H,26,27). The van der Waals surface area contributed by atoms with Gasteiger partial charge in [0.1, 0.15) is 17.5 Å². The van der Waals surface area contributed by atoms with E-state index in [2.05, 4.69) is 5.32 Å². The first-order chi connectivity index (χ1) is 13.5. The summed E-state index contributed by atoms with van der Waals surface area (Å²) in [5, 5.41) is 22.3. The van der Waals surface area contributed by atoms with Crippen LogP contribution in [0.25, 0.3) is 0 Å². The fourth-order valence-corrected chi connectivity index (χ4v) is 4.42. The lowest BCUT2D eigenvalue weighted by Gasteiger charge is -2.30. The maximum atomic E-state index is 12.0. The van der Waals surface area contributed by atoms with Crippen LogP contribution in [0.5, 0.6) is 11.5 Å². The van der Waals surface area contributed by atoms with Crippen molar-refractivity contribution in [1.29, 1.82) is 0 Å². The largest absolute Gasteiger partial charge is 0.481 e. The Kier molecular flexibility index (Phi) is 4.81. The van der Waals surface area contributed by atoms with E-state index in [9.17, 15) is 19.8 Å². The average Bonchev–Trinajstić information content (AvgIpc) is 3.40. The van der Waals surface area contributed by atoms with Crippen molar-refractivity contribution in [3.8, 4) is 11.5 Å². The van der Waals surface area contributed by atoms with Crippen LogP contribution in [-0.2, 0) is 9.59 Å². The van der Waals surface area contributed by atoms with Gasteiger partial charge in [-0.25, -0.2) is 0 Å². The minimum Gasteiger partial charge on any atom is -0.481 e. The van der Waals surface area contributed by atoms with Crippen molar-refractivity contribution in [1.82, 2.24) is 5.32 Å². The number of ether oxygens (including phenoxy) is 1. The lowest BCUT2D eigenvalue weighted by molar-refractivity contribution is -0.141. The number of para-hydroxylation sites is 2. The van der Waals surface area contributed by atoms with Gasteiger partial charge in [0.25, 0.3) is 0 Å². The smallest absolute Gasteiger partial charge is 0.320 e. The number of benzene rings is 2. The molecule has 146 valence electrons. The van der Waals surface area contributed by atoms with Crippen molar-refractivity contribution >= 4 is 11.9 Å². The van der Waals surface area contributed by atoms with Crippen molar-refractivity contribution < 1.29 is 24.5 Å². The summed E-state index contributed by atoms with van der Waals surface area (Å²) in [6, 6.07) is 14.2. The summed E-state index contributed by atoms with van der Waals surface area (Å²) in [5.41, 5.74) is 1.90. The van der Waals surface area contributed by atoms with E-state index >= 15 is 0 Å². The molecule has 1 fully saturated rings. The quantitative estimate of drug-likeness (QED) is 0.680. The monoisotopic (exact) mass is 381 g/mol. The molecule has 4 rings (SSSR count). The molecular formula is C22H23NO5. The van der Waals surface area contributed by atoms with Crippen molar-refractivity contribution in [2.24, 2.45) is 11.8 Å². The van der Waals surface area contributed by atoms with Crippen LogP contribution in [0.2, 0.25) is 0 Å². The molecule has 0 amide bonds. The van der Waals surface area contributed by atoms with Crippen LogP contribution in [-0.4, -0.2) is 34.2 Å². The number of hydrogen-bond donors (Lipinski definition) is 3. The molecule has 0 bridgehead atoms.